The molecule has 5 nitrogen and oxygen atoms in total. The Hall–Kier alpha value is -1.11. The van der Waals surface area contributed by atoms with Crippen molar-refractivity contribution in [3.63, 3.8) is 0 Å². The predicted molar refractivity (Wildman–Crippen MR) is 46.0 cm³/mol. The minimum atomic E-state index is -1.86. The molecule has 1 heterocycles. The normalized spacial score (nSPS) is 9.77. The van der Waals surface area contributed by atoms with Gasteiger partial charge in [0.1, 0.15) is 5.15 Å². The Kier molecular flexibility index (Phi) is 2.87. The summed E-state index contributed by atoms with van der Waals surface area (Å²) in [5, 5.41) is 26.1. The quantitative estimate of drug-likeness (QED) is 0.427. The molecule has 7 heteroatoms. The minimum absolute atomic E-state index is 0.0122. The highest BCUT2D eigenvalue weighted by molar-refractivity contribution is 6.60. The topological polar surface area (TPSA) is 90.7 Å². The summed E-state index contributed by atoms with van der Waals surface area (Å²) in [5.74, 6) is -1.28. The molecule has 0 aliphatic rings. The maximum atomic E-state index is 10.6. The van der Waals surface area contributed by atoms with Crippen molar-refractivity contribution in [2.45, 2.75) is 0 Å². The van der Waals surface area contributed by atoms with E-state index in [1.54, 1.807) is 0 Å². The van der Waals surface area contributed by atoms with E-state index in [4.69, 9.17) is 26.8 Å². The zero-order valence-corrected chi connectivity index (χ0v) is 7.06. The molecular formula is C6H5BClNO4. The highest BCUT2D eigenvalue weighted by Gasteiger charge is 2.20. The van der Waals surface area contributed by atoms with Crippen LogP contribution in [0.1, 0.15) is 10.4 Å². The van der Waals surface area contributed by atoms with Gasteiger partial charge in [0, 0.05) is 11.7 Å². The molecule has 0 fully saturated rings. The Morgan fingerprint density at radius 2 is 2.15 bits per heavy atom. The lowest BCUT2D eigenvalue weighted by atomic mass is 9.78. The van der Waals surface area contributed by atoms with Gasteiger partial charge < -0.3 is 15.2 Å². The van der Waals surface area contributed by atoms with Crippen molar-refractivity contribution in [1.29, 1.82) is 0 Å². The average molecular weight is 201 g/mol. The van der Waals surface area contributed by atoms with Crippen molar-refractivity contribution in [3.8, 4) is 0 Å². The van der Waals surface area contributed by atoms with Crippen LogP contribution in [0.25, 0.3) is 0 Å². The minimum Gasteiger partial charge on any atom is -0.478 e. The number of pyridine rings is 1. The van der Waals surface area contributed by atoms with Gasteiger partial charge in [-0.3, -0.25) is 0 Å². The highest BCUT2D eigenvalue weighted by Crippen LogP contribution is 2.05. The van der Waals surface area contributed by atoms with Crippen LogP contribution < -0.4 is 5.46 Å². The second-order valence-electron chi connectivity index (χ2n) is 2.27. The van der Waals surface area contributed by atoms with Crippen molar-refractivity contribution in [2.24, 2.45) is 0 Å². The van der Waals surface area contributed by atoms with Crippen LogP contribution >= 0.6 is 11.6 Å². The van der Waals surface area contributed by atoms with Crippen molar-refractivity contribution < 1.29 is 19.9 Å². The van der Waals surface area contributed by atoms with Crippen LogP contribution in [0.15, 0.2) is 12.3 Å². The SMILES string of the molecule is O=C(O)c1cc(Cl)ncc1B(O)O. The third kappa shape index (κ3) is 2.18. The van der Waals surface area contributed by atoms with Crippen LogP contribution in [-0.4, -0.2) is 33.2 Å². The molecule has 0 aliphatic carbocycles. The molecule has 0 bridgehead atoms. The van der Waals surface area contributed by atoms with Crippen molar-refractivity contribution in [2.75, 3.05) is 0 Å². The first-order chi connectivity index (χ1) is 6.02. The van der Waals surface area contributed by atoms with Gasteiger partial charge in [0.2, 0.25) is 0 Å². The molecule has 1 rings (SSSR count). The average Bonchev–Trinajstić information content (AvgIpc) is 2.03. The van der Waals surface area contributed by atoms with Crippen LogP contribution in [0.2, 0.25) is 5.15 Å². The first-order valence-electron chi connectivity index (χ1n) is 3.27. The van der Waals surface area contributed by atoms with E-state index in [1.165, 1.54) is 0 Å². The second-order valence-corrected chi connectivity index (χ2v) is 2.66. The number of rotatable bonds is 2. The van der Waals surface area contributed by atoms with E-state index in [1.807, 2.05) is 0 Å². The van der Waals surface area contributed by atoms with Crippen LogP contribution in [0.4, 0.5) is 0 Å². The summed E-state index contributed by atoms with van der Waals surface area (Å²) in [6, 6.07) is 1.05. The van der Waals surface area contributed by atoms with Gasteiger partial charge in [-0.25, -0.2) is 9.78 Å². The first kappa shape index (κ1) is 9.98. The number of aromatic nitrogens is 1. The van der Waals surface area contributed by atoms with Gasteiger partial charge in [0.15, 0.2) is 0 Å². The fraction of sp³-hybridized carbons (Fsp3) is 0. The van der Waals surface area contributed by atoms with E-state index < -0.39 is 13.1 Å². The zero-order chi connectivity index (χ0) is 10.0. The summed E-state index contributed by atoms with van der Waals surface area (Å²) in [6.45, 7) is 0. The molecule has 0 saturated heterocycles. The van der Waals surface area contributed by atoms with Gasteiger partial charge in [-0.2, -0.15) is 0 Å². The summed E-state index contributed by atoms with van der Waals surface area (Å²) < 4.78 is 0. The Balaban J connectivity index is 3.27. The summed E-state index contributed by atoms with van der Waals surface area (Å²) in [5.41, 5.74) is -0.452. The molecule has 0 aromatic carbocycles. The number of carbonyl (C=O) groups is 1. The predicted octanol–water partition coefficient (Wildman–Crippen LogP) is -0.887. The number of carboxylic acid groups (broad SMARTS) is 1. The largest absolute Gasteiger partial charge is 0.490 e. The number of aromatic carboxylic acids is 1. The van der Waals surface area contributed by atoms with Crippen LogP contribution in [0, 0.1) is 0 Å². The molecule has 1 aromatic rings. The van der Waals surface area contributed by atoms with Crippen molar-refractivity contribution in [3.05, 3.63) is 23.0 Å². The summed E-state index contributed by atoms with van der Waals surface area (Å²) in [6.07, 6.45) is 1.01. The number of halogens is 1. The van der Waals surface area contributed by atoms with E-state index in [9.17, 15) is 4.79 Å². The summed E-state index contributed by atoms with van der Waals surface area (Å²) >= 11 is 5.43. The van der Waals surface area contributed by atoms with Crippen molar-refractivity contribution in [1.82, 2.24) is 4.98 Å². The number of nitrogens with zero attached hydrogens (tertiary/aromatic N) is 1. The molecular weight excluding hydrogens is 196 g/mol. The van der Waals surface area contributed by atoms with E-state index in [0.717, 1.165) is 12.3 Å². The molecule has 0 radical (unpaired) electrons. The molecule has 68 valence electrons. The molecule has 0 amide bonds. The van der Waals surface area contributed by atoms with E-state index in [2.05, 4.69) is 4.98 Å². The molecule has 3 N–H and O–H groups in total. The number of carboxylic acids is 1. The van der Waals surface area contributed by atoms with Gasteiger partial charge in [-0.05, 0) is 6.07 Å². The van der Waals surface area contributed by atoms with Gasteiger partial charge in [-0.1, -0.05) is 11.6 Å². The lowest BCUT2D eigenvalue weighted by Crippen LogP contribution is -2.35. The summed E-state index contributed by atoms with van der Waals surface area (Å²) in [7, 11) is -1.86. The van der Waals surface area contributed by atoms with Crippen LogP contribution in [0.3, 0.4) is 0 Å². The molecule has 13 heavy (non-hydrogen) atoms. The van der Waals surface area contributed by atoms with Crippen molar-refractivity contribution >= 4 is 30.2 Å². The number of hydrogen-bond acceptors (Lipinski definition) is 4. The summed E-state index contributed by atoms with van der Waals surface area (Å²) in [4.78, 5) is 14.1. The van der Waals surface area contributed by atoms with Gasteiger partial charge >= 0.3 is 13.1 Å². The standard InChI is InChI=1S/C6H5BClNO4/c8-5-1-3(6(10)11)4(2-9-5)7(12)13/h1-2,12-13H,(H,10,11). The van der Waals surface area contributed by atoms with Gasteiger partial charge in [-0.15, -0.1) is 0 Å². The second kappa shape index (κ2) is 3.74. The molecule has 0 atom stereocenters. The number of hydrogen-bond donors (Lipinski definition) is 3. The Bertz CT molecular complexity index is 343. The molecule has 0 spiro atoms. The molecule has 0 saturated carbocycles. The van der Waals surface area contributed by atoms with Gasteiger partial charge in [0.25, 0.3) is 0 Å². The zero-order valence-electron chi connectivity index (χ0n) is 6.31. The Morgan fingerprint density at radius 3 is 2.62 bits per heavy atom. The van der Waals surface area contributed by atoms with E-state index in [0.29, 0.717) is 0 Å². The third-order valence-corrected chi connectivity index (χ3v) is 1.62. The highest BCUT2D eigenvalue weighted by atomic mass is 35.5. The molecule has 0 aliphatic heterocycles. The molecule has 1 aromatic heterocycles. The van der Waals surface area contributed by atoms with Crippen LogP contribution in [0.5, 0.6) is 0 Å². The monoisotopic (exact) mass is 201 g/mol. The maximum Gasteiger partial charge on any atom is 0.490 e. The van der Waals surface area contributed by atoms with Crippen LogP contribution in [-0.2, 0) is 0 Å². The fourth-order valence-corrected chi connectivity index (χ4v) is 0.989. The van der Waals surface area contributed by atoms with Gasteiger partial charge in [0.05, 0.1) is 5.56 Å². The maximum absolute atomic E-state index is 10.6. The lowest BCUT2D eigenvalue weighted by Gasteiger charge is -2.03. The smallest absolute Gasteiger partial charge is 0.478 e. The lowest BCUT2D eigenvalue weighted by molar-refractivity contribution is 0.0697. The van der Waals surface area contributed by atoms with E-state index in [-0.39, 0.29) is 16.2 Å². The molecule has 0 unspecified atom stereocenters. The van der Waals surface area contributed by atoms with E-state index >= 15 is 0 Å². The fourth-order valence-electron chi connectivity index (χ4n) is 0.831. The first-order valence-corrected chi connectivity index (χ1v) is 3.65. The Labute approximate surface area is 78.8 Å². The Morgan fingerprint density at radius 1 is 1.54 bits per heavy atom. The third-order valence-electron chi connectivity index (χ3n) is 1.41.